The second-order valence-electron chi connectivity index (χ2n) is 4.34. The SMILES string of the molecule is O=C(NCc1ccc(OC(F)F)cc1)Nc1ccc(Cl)cc1. The maximum Gasteiger partial charge on any atom is 0.387 e. The number of nitrogens with one attached hydrogen (secondary N) is 2. The molecule has 2 aromatic rings. The molecule has 4 nitrogen and oxygen atoms in total. The van der Waals surface area contributed by atoms with Gasteiger partial charge in [0.1, 0.15) is 5.75 Å². The smallest absolute Gasteiger partial charge is 0.387 e. The van der Waals surface area contributed by atoms with Crippen LogP contribution in [0.4, 0.5) is 19.3 Å². The standard InChI is InChI=1S/C15H13ClF2N2O2/c16-11-3-5-12(6-4-11)20-15(21)19-9-10-1-7-13(8-2-10)22-14(17)18/h1-8,14H,9H2,(H2,19,20,21). The van der Waals surface area contributed by atoms with Crippen LogP contribution in [0.2, 0.25) is 5.02 Å². The van der Waals surface area contributed by atoms with Crippen LogP contribution in [-0.2, 0) is 6.54 Å². The summed E-state index contributed by atoms with van der Waals surface area (Å²) < 4.78 is 28.3. The normalized spacial score (nSPS) is 10.4. The minimum absolute atomic E-state index is 0.0735. The Morgan fingerprint density at radius 1 is 1.09 bits per heavy atom. The van der Waals surface area contributed by atoms with Crippen LogP contribution in [0.15, 0.2) is 48.5 Å². The number of halogens is 3. The molecule has 0 radical (unpaired) electrons. The Labute approximate surface area is 131 Å². The summed E-state index contributed by atoms with van der Waals surface area (Å²) in [4.78, 5) is 11.7. The van der Waals surface area contributed by atoms with Crippen molar-refractivity contribution in [2.24, 2.45) is 0 Å². The Bertz CT molecular complexity index is 618. The molecular formula is C15H13ClF2N2O2. The Balaban J connectivity index is 1.81. The van der Waals surface area contributed by atoms with Gasteiger partial charge >= 0.3 is 12.6 Å². The molecule has 0 saturated carbocycles. The number of amides is 2. The van der Waals surface area contributed by atoms with E-state index in [1.165, 1.54) is 12.1 Å². The van der Waals surface area contributed by atoms with Crippen molar-refractivity contribution in [1.82, 2.24) is 5.32 Å². The molecule has 2 aromatic carbocycles. The molecule has 7 heteroatoms. The van der Waals surface area contributed by atoms with Gasteiger partial charge in [0.05, 0.1) is 0 Å². The van der Waals surface area contributed by atoms with E-state index in [4.69, 9.17) is 11.6 Å². The molecule has 0 heterocycles. The summed E-state index contributed by atoms with van der Waals surface area (Å²) in [6.45, 7) is -2.59. The second kappa shape index (κ2) is 7.61. The summed E-state index contributed by atoms with van der Waals surface area (Å²) in [5.74, 6) is 0.0735. The number of benzene rings is 2. The summed E-state index contributed by atoms with van der Waals surface area (Å²) in [5, 5.41) is 5.88. The van der Waals surface area contributed by atoms with Crippen molar-refractivity contribution in [2.75, 3.05) is 5.32 Å². The van der Waals surface area contributed by atoms with E-state index < -0.39 is 6.61 Å². The van der Waals surface area contributed by atoms with Crippen molar-refractivity contribution in [3.8, 4) is 5.75 Å². The average Bonchev–Trinajstić information content (AvgIpc) is 2.48. The van der Waals surface area contributed by atoms with E-state index in [0.717, 1.165) is 5.56 Å². The van der Waals surface area contributed by atoms with Crippen molar-refractivity contribution >= 4 is 23.3 Å². The van der Waals surface area contributed by atoms with Gasteiger partial charge in [0, 0.05) is 17.3 Å². The highest BCUT2D eigenvalue weighted by atomic mass is 35.5. The van der Waals surface area contributed by atoms with Gasteiger partial charge in [-0.3, -0.25) is 0 Å². The topological polar surface area (TPSA) is 50.4 Å². The number of carbonyl (C=O) groups is 1. The number of rotatable bonds is 5. The van der Waals surface area contributed by atoms with Crippen LogP contribution in [0.25, 0.3) is 0 Å². The molecule has 0 aromatic heterocycles. The average molecular weight is 327 g/mol. The molecule has 0 bridgehead atoms. The summed E-state index contributed by atoms with van der Waals surface area (Å²) in [7, 11) is 0. The number of carbonyl (C=O) groups excluding carboxylic acids is 1. The summed E-state index contributed by atoms with van der Waals surface area (Å²) in [6.07, 6.45) is 0. The molecule has 0 unspecified atom stereocenters. The Kier molecular flexibility index (Phi) is 5.55. The van der Waals surface area contributed by atoms with Crippen molar-refractivity contribution in [3.05, 3.63) is 59.1 Å². The zero-order valence-electron chi connectivity index (χ0n) is 11.4. The molecule has 0 aliphatic carbocycles. The minimum atomic E-state index is -2.85. The molecule has 2 N–H and O–H groups in total. The van der Waals surface area contributed by atoms with Crippen LogP contribution in [0.5, 0.6) is 5.75 Å². The molecule has 0 fully saturated rings. The molecule has 0 atom stereocenters. The summed E-state index contributed by atoms with van der Waals surface area (Å²) in [5.41, 5.74) is 1.37. The molecule has 22 heavy (non-hydrogen) atoms. The lowest BCUT2D eigenvalue weighted by molar-refractivity contribution is -0.0498. The number of ether oxygens (including phenoxy) is 1. The van der Waals surface area contributed by atoms with E-state index in [2.05, 4.69) is 15.4 Å². The lowest BCUT2D eigenvalue weighted by atomic mass is 10.2. The molecule has 0 aliphatic rings. The van der Waals surface area contributed by atoms with E-state index in [1.54, 1.807) is 36.4 Å². The van der Waals surface area contributed by atoms with E-state index in [-0.39, 0.29) is 18.3 Å². The Hall–Kier alpha value is -2.34. The predicted octanol–water partition coefficient (Wildman–Crippen LogP) is 4.26. The van der Waals surface area contributed by atoms with Gasteiger partial charge in [0.2, 0.25) is 0 Å². The quantitative estimate of drug-likeness (QED) is 0.862. The summed E-state index contributed by atoms with van der Waals surface area (Å²) in [6, 6.07) is 12.3. The first-order valence-corrected chi connectivity index (χ1v) is 6.75. The van der Waals surface area contributed by atoms with Crippen LogP contribution < -0.4 is 15.4 Å². The van der Waals surface area contributed by atoms with Crippen molar-refractivity contribution in [1.29, 1.82) is 0 Å². The second-order valence-corrected chi connectivity index (χ2v) is 4.77. The molecular weight excluding hydrogens is 314 g/mol. The first-order valence-electron chi connectivity index (χ1n) is 6.37. The third kappa shape index (κ3) is 5.21. The van der Waals surface area contributed by atoms with Gasteiger partial charge < -0.3 is 15.4 Å². The molecule has 0 saturated heterocycles. The van der Waals surface area contributed by atoms with Crippen LogP contribution in [0.3, 0.4) is 0 Å². The third-order valence-electron chi connectivity index (χ3n) is 2.70. The van der Waals surface area contributed by atoms with Crippen LogP contribution in [0, 0.1) is 0 Å². The fourth-order valence-corrected chi connectivity index (χ4v) is 1.81. The summed E-state index contributed by atoms with van der Waals surface area (Å²) >= 11 is 5.75. The van der Waals surface area contributed by atoms with Crippen LogP contribution in [0.1, 0.15) is 5.56 Å². The number of alkyl halides is 2. The van der Waals surface area contributed by atoms with Gasteiger partial charge in [0.25, 0.3) is 0 Å². The van der Waals surface area contributed by atoms with E-state index in [9.17, 15) is 13.6 Å². The minimum Gasteiger partial charge on any atom is -0.435 e. The maximum absolute atomic E-state index is 12.0. The monoisotopic (exact) mass is 326 g/mol. The Morgan fingerprint density at radius 3 is 2.32 bits per heavy atom. The lowest BCUT2D eigenvalue weighted by Gasteiger charge is -2.09. The van der Waals surface area contributed by atoms with Gasteiger partial charge in [-0.2, -0.15) is 8.78 Å². The van der Waals surface area contributed by atoms with Gasteiger partial charge in [-0.15, -0.1) is 0 Å². The van der Waals surface area contributed by atoms with Crippen LogP contribution in [-0.4, -0.2) is 12.6 Å². The van der Waals surface area contributed by atoms with E-state index in [0.29, 0.717) is 10.7 Å². The van der Waals surface area contributed by atoms with Crippen molar-refractivity contribution in [2.45, 2.75) is 13.2 Å². The van der Waals surface area contributed by atoms with Gasteiger partial charge in [-0.25, -0.2) is 4.79 Å². The fourth-order valence-electron chi connectivity index (χ4n) is 1.68. The molecule has 0 aliphatic heterocycles. The van der Waals surface area contributed by atoms with Gasteiger partial charge in [-0.05, 0) is 42.0 Å². The highest BCUT2D eigenvalue weighted by Gasteiger charge is 2.05. The molecule has 2 amide bonds. The predicted molar refractivity (Wildman–Crippen MR) is 80.4 cm³/mol. The highest BCUT2D eigenvalue weighted by molar-refractivity contribution is 6.30. The number of anilines is 1. The lowest BCUT2D eigenvalue weighted by Crippen LogP contribution is -2.28. The number of hydrogen-bond donors (Lipinski definition) is 2. The van der Waals surface area contributed by atoms with Crippen LogP contribution >= 0.6 is 11.6 Å². The number of urea groups is 1. The molecule has 2 rings (SSSR count). The zero-order valence-corrected chi connectivity index (χ0v) is 12.1. The van der Waals surface area contributed by atoms with Crippen molar-refractivity contribution in [3.63, 3.8) is 0 Å². The number of hydrogen-bond acceptors (Lipinski definition) is 2. The highest BCUT2D eigenvalue weighted by Crippen LogP contribution is 2.15. The van der Waals surface area contributed by atoms with Gasteiger partial charge in [-0.1, -0.05) is 23.7 Å². The third-order valence-corrected chi connectivity index (χ3v) is 2.96. The Morgan fingerprint density at radius 2 is 1.73 bits per heavy atom. The van der Waals surface area contributed by atoms with E-state index >= 15 is 0 Å². The molecule has 116 valence electrons. The maximum atomic E-state index is 12.0. The zero-order chi connectivity index (χ0) is 15.9. The van der Waals surface area contributed by atoms with Gasteiger partial charge in [0.15, 0.2) is 0 Å². The van der Waals surface area contributed by atoms with Crippen molar-refractivity contribution < 1.29 is 18.3 Å². The largest absolute Gasteiger partial charge is 0.435 e. The van der Waals surface area contributed by atoms with E-state index in [1.807, 2.05) is 0 Å². The molecule has 0 spiro atoms. The first-order chi connectivity index (χ1) is 10.5. The fraction of sp³-hybridized carbons (Fsp3) is 0.133. The first kappa shape index (κ1) is 16.0.